The Kier molecular flexibility index (Phi) is 3.43. The van der Waals surface area contributed by atoms with Crippen LogP contribution in [0.4, 0.5) is 13.2 Å². The van der Waals surface area contributed by atoms with Crippen LogP contribution in [0.25, 0.3) is 0 Å². The van der Waals surface area contributed by atoms with Crippen LogP contribution < -0.4 is 15.0 Å². The summed E-state index contributed by atoms with van der Waals surface area (Å²) in [6.07, 6.45) is -4.05. The second-order valence-electron chi connectivity index (χ2n) is 2.70. The molecule has 0 aliphatic heterocycles. The van der Waals surface area contributed by atoms with Gasteiger partial charge in [0.1, 0.15) is 0 Å². The zero-order valence-corrected chi connectivity index (χ0v) is 8.09. The third-order valence-electron chi connectivity index (χ3n) is 1.70. The molecular formula is C8H8F3NO4. The summed E-state index contributed by atoms with van der Waals surface area (Å²) in [6, 6.07) is 0. The molecule has 1 aromatic rings. The van der Waals surface area contributed by atoms with Gasteiger partial charge < -0.3 is 19.6 Å². The molecule has 0 bridgehead atoms. The molecule has 1 heterocycles. The number of H-pyrrole nitrogens is 1. The van der Waals surface area contributed by atoms with Crippen molar-refractivity contribution < 1.29 is 27.8 Å². The van der Waals surface area contributed by atoms with Crippen LogP contribution in [0.2, 0.25) is 0 Å². The summed E-state index contributed by atoms with van der Waals surface area (Å²) in [5, 5.41) is 8.79. The molecule has 0 amide bonds. The number of aliphatic hydroxyl groups excluding tert-OH is 1. The Morgan fingerprint density at radius 2 is 2.12 bits per heavy atom. The zero-order valence-electron chi connectivity index (χ0n) is 8.09. The Hall–Kier alpha value is -1.70. The van der Waals surface area contributed by atoms with E-state index in [1.54, 1.807) is 0 Å². The number of halogens is 3. The molecule has 0 spiro atoms. The highest BCUT2D eigenvalue weighted by atomic mass is 19.4. The van der Waals surface area contributed by atoms with Gasteiger partial charge in [0.05, 0.1) is 25.5 Å². The van der Waals surface area contributed by atoms with Crippen LogP contribution in [0.1, 0.15) is 5.56 Å². The Balaban J connectivity index is 3.31. The number of methoxy groups -OCH3 is 1. The highest BCUT2D eigenvalue weighted by Crippen LogP contribution is 2.32. The quantitative estimate of drug-likeness (QED) is 0.817. The summed E-state index contributed by atoms with van der Waals surface area (Å²) in [5.41, 5.74) is -1.42. The standard InChI is InChI=1S/C8H8F3NO4/c1-15-5-2-12-7(14)4(3-13)6(5)16-8(9,10)11/h2,13H,3H2,1H3,(H,12,14). The van der Waals surface area contributed by atoms with Gasteiger partial charge in [-0.1, -0.05) is 0 Å². The minimum atomic E-state index is -4.97. The maximum Gasteiger partial charge on any atom is 0.573 e. The van der Waals surface area contributed by atoms with E-state index in [1.807, 2.05) is 0 Å². The molecule has 16 heavy (non-hydrogen) atoms. The van der Waals surface area contributed by atoms with Crippen molar-refractivity contribution in [1.82, 2.24) is 4.98 Å². The van der Waals surface area contributed by atoms with Crippen molar-refractivity contribution in [3.63, 3.8) is 0 Å². The van der Waals surface area contributed by atoms with Gasteiger partial charge >= 0.3 is 6.36 Å². The minimum Gasteiger partial charge on any atom is -0.491 e. The maximum absolute atomic E-state index is 12.0. The van der Waals surface area contributed by atoms with Crippen LogP contribution in [-0.4, -0.2) is 23.6 Å². The molecule has 0 atom stereocenters. The highest BCUT2D eigenvalue weighted by Gasteiger charge is 2.34. The van der Waals surface area contributed by atoms with Gasteiger partial charge in [0.25, 0.3) is 5.56 Å². The van der Waals surface area contributed by atoms with Gasteiger partial charge in [0.15, 0.2) is 11.5 Å². The van der Waals surface area contributed by atoms with Gasteiger partial charge in [-0.2, -0.15) is 0 Å². The third-order valence-corrected chi connectivity index (χ3v) is 1.70. The van der Waals surface area contributed by atoms with Crippen LogP contribution in [0.3, 0.4) is 0 Å². The topological polar surface area (TPSA) is 71.6 Å². The predicted molar refractivity (Wildman–Crippen MR) is 46.2 cm³/mol. The number of aromatic nitrogens is 1. The molecule has 0 saturated carbocycles. The van der Waals surface area contributed by atoms with Crippen molar-refractivity contribution in [2.75, 3.05) is 7.11 Å². The Labute approximate surface area is 87.4 Å². The molecule has 8 heteroatoms. The fourth-order valence-corrected chi connectivity index (χ4v) is 1.06. The summed E-state index contributed by atoms with van der Waals surface area (Å²) >= 11 is 0. The van der Waals surface area contributed by atoms with Crippen molar-refractivity contribution >= 4 is 0 Å². The molecule has 2 N–H and O–H groups in total. The largest absolute Gasteiger partial charge is 0.573 e. The molecule has 1 rings (SSSR count). The second-order valence-corrected chi connectivity index (χ2v) is 2.70. The van der Waals surface area contributed by atoms with Gasteiger partial charge in [0, 0.05) is 0 Å². The van der Waals surface area contributed by atoms with E-state index in [-0.39, 0.29) is 5.75 Å². The molecule has 0 aliphatic carbocycles. The van der Waals surface area contributed by atoms with E-state index in [2.05, 4.69) is 14.5 Å². The molecule has 0 unspecified atom stereocenters. The summed E-state index contributed by atoms with van der Waals surface area (Å²) in [6.45, 7) is -0.891. The van der Waals surface area contributed by atoms with Crippen molar-refractivity contribution in [1.29, 1.82) is 0 Å². The van der Waals surface area contributed by atoms with Crippen molar-refractivity contribution in [2.45, 2.75) is 13.0 Å². The number of nitrogens with one attached hydrogen (secondary N) is 1. The second kappa shape index (κ2) is 4.44. The van der Waals surface area contributed by atoms with E-state index in [9.17, 15) is 18.0 Å². The van der Waals surface area contributed by atoms with Crippen LogP contribution in [-0.2, 0) is 6.61 Å². The molecule has 90 valence electrons. The SMILES string of the molecule is COc1c[nH]c(=O)c(CO)c1OC(F)(F)F. The molecular weight excluding hydrogens is 231 g/mol. The number of aliphatic hydroxyl groups is 1. The summed E-state index contributed by atoms with van der Waals surface area (Å²) in [5.74, 6) is -1.15. The van der Waals surface area contributed by atoms with Crippen molar-refractivity contribution in [2.24, 2.45) is 0 Å². The summed E-state index contributed by atoms with van der Waals surface area (Å²) in [7, 11) is 1.11. The van der Waals surface area contributed by atoms with Crippen molar-refractivity contribution in [3.05, 3.63) is 22.1 Å². The molecule has 0 aromatic carbocycles. The van der Waals surface area contributed by atoms with Gasteiger partial charge in [-0.25, -0.2) is 0 Å². The fraction of sp³-hybridized carbons (Fsp3) is 0.375. The van der Waals surface area contributed by atoms with Crippen LogP contribution in [0, 0.1) is 0 Å². The molecule has 0 saturated heterocycles. The first-order valence-electron chi connectivity index (χ1n) is 4.04. The summed E-state index contributed by atoms with van der Waals surface area (Å²) < 4.78 is 44.3. The van der Waals surface area contributed by atoms with Gasteiger partial charge in [-0.15, -0.1) is 13.2 Å². The van der Waals surface area contributed by atoms with E-state index >= 15 is 0 Å². The Morgan fingerprint density at radius 3 is 2.56 bits per heavy atom. The lowest BCUT2D eigenvalue weighted by Gasteiger charge is -2.14. The van der Waals surface area contributed by atoms with Crippen LogP contribution >= 0.6 is 0 Å². The monoisotopic (exact) mass is 239 g/mol. The fourth-order valence-electron chi connectivity index (χ4n) is 1.06. The van der Waals surface area contributed by atoms with E-state index in [0.717, 1.165) is 13.3 Å². The third kappa shape index (κ3) is 2.66. The molecule has 5 nitrogen and oxygen atoms in total. The predicted octanol–water partition coefficient (Wildman–Crippen LogP) is 0.774. The Morgan fingerprint density at radius 1 is 1.50 bits per heavy atom. The first-order chi connectivity index (χ1) is 7.39. The van der Waals surface area contributed by atoms with E-state index < -0.39 is 29.8 Å². The number of ether oxygens (including phenoxy) is 2. The molecule has 0 fully saturated rings. The average molecular weight is 239 g/mol. The van der Waals surface area contributed by atoms with Crippen LogP contribution in [0.5, 0.6) is 11.5 Å². The number of pyridine rings is 1. The lowest BCUT2D eigenvalue weighted by atomic mass is 10.2. The van der Waals surface area contributed by atoms with E-state index in [0.29, 0.717) is 0 Å². The first kappa shape index (κ1) is 12.4. The zero-order chi connectivity index (χ0) is 12.3. The van der Waals surface area contributed by atoms with Gasteiger partial charge in [-0.3, -0.25) is 4.79 Å². The van der Waals surface area contributed by atoms with E-state index in [4.69, 9.17) is 5.11 Å². The summed E-state index contributed by atoms with van der Waals surface area (Å²) in [4.78, 5) is 13.2. The Bertz CT molecular complexity index is 426. The van der Waals surface area contributed by atoms with Gasteiger partial charge in [-0.05, 0) is 0 Å². The number of hydrogen-bond donors (Lipinski definition) is 2. The van der Waals surface area contributed by atoms with Crippen molar-refractivity contribution in [3.8, 4) is 11.5 Å². The number of hydrogen-bond acceptors (Lipinski definition) is 4. The van der Waals surface area contributed by atoms with Crippen LogP contribution in [0.15, 0.2) is 11.0 Å². The first-order valence-corrected chi connectivity index (χ1v) is 4.04. The number of aromatic amines is 1. The molecule has 1 aromatic heterocycles. The van der Waals surface area contributed by atoms with Gasteiger partial charge in [0.2, 0.25) is 0 Å². The highest BCUT2D eigenvalue weighted by molar-refractivity contribution is 5.43. The average Bonchev–Trinajstić information content (AvgIpc) is 2.16. The molecule has 0 aliphatic rings. The smallest absolute Gasteiger partial charge is 0.491 e. The molecule has 0 radical (unpaired) electrons. The number of rotatable bonds is 3. The lowest BCUT2D eigenvalue weighted by molar-refractivity contribution is -0.275. The normalized spacial score (nSPS) is 11.3. The maximum atomic E-state index is 12.0. The lowest BCUT2D eigenvalue weighted by Crippen LogP contribution is -2.22. The number of alkyl halides is 3. The minimum absolute atomic E-state index is 0.319. The van der Waals surface area contributed by atoms with E-state index in [1.165, 1.54) is 0 Å².